The van der Waals surface area contributed by atoms with E-state index in [-0.39, 0.29) is 24.8 Å². The van der Waals surface area contributed by atoms with Gasteiger partial charge in [-0.2, -0.15) is 0 Å². The molecule has 3 rings (SSSR count). The van der Waals surface area contributed by atoms with Crippen LogP contribution in [0.4, 0.5) is 5.69 Å². The smallest absolute Gasteiger partial charge is 0.223 e. The summed E-state index contributed by atoms with van der Waals surface area (Å²) in [5.74, 6) is 0.889. The first-order valence-corrected chi connectivity index (χ1v) is 8.02. The summed E-state index contributed by atoms with van der Waals surface area (Å²) in [5.41, 5.74) is 2.57. The maximum atomic E-state index is 12.3. The largest absolute Gasteiger partial charge is 0.368 e. The van der Waals surface area contributed by atoms with E-state index in [0.717, 1.165) is 52.1 Å². The molecule has 23 heavy (non-hydrogen) atoms. The van der Waals surface area contributed by atoms with Crippen molar-refractivity contribution in [2.75, 3.05) is 44.2 Å². The average molecular weight is 360 g/mol. The van der Waals surface area contributed by atoms with Crippen molar-refractivity contribution in [1.29, 1.82) is 0 Å². The summed E-state index contributed by atoms with van der Waals surface area (Å²) < 4.78 is 0. The fraction of sp³-hybridized carbons (Fsp3) is 0.588. The SMILES string of the molecule is Cc1cccc(N2CCN(C(=O)CC3CCNC3)CC2)c1.Cl.Cl. The number of benzene rings is 1. The summed E-state index contributed by atoms with van der Waals surface area (Å²) in [7, 11) is 0. The van der Waals surface area contributed by atoms with Crippen LogP contribution in [-0.4, -0.2) is 50.1 Å². The molecule has 130 valence electrons. The Morgan fingerprint density at radius 1 is 1.22 bits per heavy atom. The normalized spacial score (nSPS) is 20.7. The van der Waals surface area contributed by atoms with Gasteiger partial charge < -0.3 is 15.1 Å². The molecule has 1 aromatic carbocycles. The Morgan fingerprint density at radius 2 is 1.96 bits per heavy atom. The van der Waals surface area contributed by atoms with E-state index in [1.807, 2.05) is 4.90 Å². The highest BCUT2D eigenvalue weighted by atomic mass is 35.5. The Labute approximate surface area is 151 Å². The maximum Gasteiger partial charge on any atom is 0.223 e. The van der Waals surface area contributed by atoms with Crippen molar-refractivity contribution in [2.24, 2.45) is 5.92 Å². The van der Waals surface area contributed by atoms with Crippen LogP contribution in [0.1, 0.15) is 18.4 Å². The number of anilines is 1. The van der Waals surface area contributed by atoms with Gasteiger partial charge in [-0.25, -0.2) is 0 Å². The number of aryl methyl sites for hydroxylation is 1. The second-order valence-corrected chi connectivity index (χ2v) is 6.27. The topological polar surface area (TPSA) is 35.6 Å². The van der Waals surface area contributed by atoms with E-state index in [2.05, 4.69) is 41.4 Å². The highest BCUT2D eigenvalue weighted by molar-refractivity contribution is 5.85. The van der Waals surface area contributed by atoms with Crippen molar-refractivity contribution in [3.63, 3.8) is 0 Å². The van der Waals surface area contributed by atoms with Gasteiger partial charge in [0.05, 0.1) is 0 Å². The molecular weight excluding hydrogens is 333 g/mol. The molecule has 2 aliphatic rings. The molecule has 1 atom stereocenters. The number of hydrogen-bond acceptors (Lipinski definition) is 3. The van der Waals surface area contributed by atoms with Crippen LogP contribution in [0.3, 0.4) is 0 Å². The van der Waals surface area contributed by atoms with Gasteiger partial charge in [0.2, 0.25) is 5.91 Å². The van der Waals surface area contributed by atoms with Crippen LogP contribution in [0.2, 0.25) is 0 Å². The van der Waals surface area contributed by atoms with Gasteiger partial charge in [-0.1, -0.05) is 12.1 Å². The molecule has 1 N–H and O–H groups in total. The number of carbonyl (C=O) groups excluding carboxylic acids is 1. The van der Waals surface area contributed by atoms with Gasteiger partial charge in [-0.05, 0) is 50.0 Å². The van der Waals surface area contributed by atoms with Gasteiger partial charge in [0.15, 0.2) is 0 Å². The molecule has 2 fully saturated rings. The zero-order valence-electron chi connectivity index (χ0n) is 13.7. The van der Waals surface area contributed by atoms with Crippen LogP contribution in [-0.2, 0) is 4.79 Å². The van der Waals surface area contributed by atoms with Gasteiger partial charge >= 0.3 is 0 Å². The Bertz CT molecular complexity index is 498. The lowest BCUT2D eigenvalue weighted by Gasteiger charge is -2.36. The Balaban J connectivity index is 0.00000132. The molecule has 1 unspecified atom stereocenters. The first-order valence-electron chi connectivity index (χ1n) is 8.02. The molecule has 0 aromatic heterocycles. The van der Waals surface area contributed by atoms with Gasteiger partial charge in [0.25, 0.3) is 0 Å². The van der Waals surface area contributed by atoms with E-state index in [4.69, 9.17) is 0 Å². The highest BCUT2D eigenvalue weighted by Gasteiger charge is 2.25. The lowest BCUT2D eigenvalue weighted by atomic mass is 10.0. The average Bonchev–Trinajstić information content (AvgIpc) is 3.00. The van der Waals surface area contributed by atoms with E-state index >= 15 is 0 Å². The van der Waals surface area contributed by atoms with Crippen molar-refractivity contribution in [3.05, 3.63) is 29.8 Å². The summed E-state index contributed by atoms with van der Waals surface area (Å²) in [5, 5.41) is 3.34. The summed E-state index contributed by atoms with van der Waals surface area (Å²) in [6.07, 6.45) is 1.87. The first kappa shape index (κ1) is 20.1. The standard InChI is InChI=1S/C17H25N3O.2ClH/c1-14-3-2-4-16(11-14)19-7-9-20(10-8-19)17(21)12-15-5-6-18-13-15;;/h2-4,11,15,18H,5-10,12-13H2,1H3;2*1H. The van der Waals surface area contributed by atoms with Gasteiger partial charge in [0, 0.05) is 38.3 Å². The lowest BCUT2D eigenvalue weighted by Crippen LogP contribution is -2.49. The Hall–Kier alpha value is -0.970. The monoisotopic (exact) mass is 359 g/mol. The van der Waals surface area contributed by atoms with E-state index < -0.39 is 0 Å². The van der Waals surface area contributed by atoms with Crippen LogP contribution < -0.4 is 10.2 Å². The number of nitrogens with one attached hydrogen (secondary N) is 1. The molecule has 0 radical (unpaired) electrons. The zero-order chi connectivity index (χ0) is 14.7. The molecular formula is C17H27Cl2N3O. The van der Waals surface area contributed by atoms with Crippen molar-refractivity contribution >= 4 is 36.4 Å². The van der Waals surface area contributed by atoms with E-state index in [9.17, 15) is 4.79 Å². The Morgan fingerprint density at radius 3 is 2.57 bits per heavy atom. The fourth-order valence-corrected chi connectivity index (χ4v) is 3.30. The van der Waals surface area contributed by atoms with Crippen LogP contribution in [0, 0.1) is 12.8 Å². The molecule has 0 bridgehead atoms. The van der Waals surface area contributed by atoms with Gasteiger partial charge in [-0.3, -0.25) is 4.79 Å². The third kappa shape index (κ3) is 5.27. The number of carbonyl (C=O) groups is 1. The van der Waals surface area contributed by atoms with E-state index in [1.54, 1.807) is 0 Å². The zero-order valence-corrected chi connectivity index (χ0v) is 15.3. The minimum Gasteiger partial charge on any atom is -0.368 e. The third-order valence-electron chi connectivity index (χ3n) is 4.62. The number of hydrogen-bond donors (Lipinski definition) is 1. The molecule has 2 saturated heterocycles. The van der Waals surface area contributed by atoms with Crippen LogP contribution in [0.5, 0.6) is 0 Å². The van der Waals surface area contributed by atoms with Crippen LogP contribution in [0.25, 0.3) is 0 Å². The van der Waals surface area contributed by atoms with Crippen molar-refractivity contribution in [2.45, 2.75) is 19.8 Å². The summed E-state index contributed by atoms with van der Waals surface area (Å²) in [6.45, 7) is 7.79. The number of rotatable bonds is 3. The highest BCUT2D eigenvalue weighted by Crippen LogP contribution is 2.19. The Kier molecular flexibility index (Phi) is 8.17. The molecule has 2 heterocycles. The maximum absolute atomic E-state index is 12.3. The van der Waals surface area contributed by atoms with Gasteiger partial charge in [-0.15, -0.1) is 24.8 Å². The summed E-state index contributed by atoms with van der Waals surface area (Å²) in [6, 6.07) is 8.62. The summed E-state index contributed by atoms with van der Waals surface area (Å²) in [4.78, 5) is 16.8. The molecule has 1 aromatic rings. The predicted octanol–water partition coefficient (Wildman–Crippen LogP) is 2.49. The number of nitrogens with zero attached hydrogens (tertiary/aromatic N) is 2. The first-order chi connectivity index (χ1) is 10.2. The minimum atomic E-state index is 0. The van der Waals surface area contributed by atoms with Crippen LogP contribution in [0.15, 0.2) is 24.3 Å². The predicted molar refractivity (Wildman–Crippen MR) is 100 cm³/mol. The molecule has 6 heteroatoms. The number of amides is 1. The molecule has 1 amide bonds. The summed E-state index contributed by atoms with van der Waals surface area (Å²) >= 11 is 0. The third-order valence-corrected chi connectivity index (χ3v) is 4.62. The molecule has 4 nitrogen and oxygen atoms in total. The second-order valence-electron chi connectivity index (χ2n) is 6.27. The lowest BCUT2D eigenvalue weighted by molar-refractivity contribution is -0.132. The second kappa shape index (κ2) is 9.36. The quantitative estimate of drug-likeness (QED) is 0.900. The molecule has 2 aliphatic heterocycles. The molecule has 0 saturated carbocycles. The van der Waals surface area contributed by atoms with Crippen LogP contribution >= 0.6 is 24.8 Å². The van der Waals surface area contributed by atoms with Crippen molar-refractivity contribution in [1.82, 2.24) is 10.2 Å². The molecule has 0 spiro atoms. The number of halogens is 2. The fourth-order valence-electron chi connectivity index (χ4n) is 3.30. The van der Waals surface area contributed by atoms with Crippen molar-refractivity contribution in [3.8, 4) is 0 Å². The number of piperazine rings is 1. The van der Waals surface area contributed by atoms with Crippen molar-refractivity contribution < 1.29 is 4.79 Å². The van der Waals surface area contributed by atoms with Gasteiger partial charge in [0.1, 0.15) is 0 Å². The van der Waals surface area contributed by atoms with E-state index in [1.165, 1.54) is 11.3 Å². The minimum absolute atomic E-state index is 0. The molecule has 0 aliphatic carbocycles. The van der Waals surface area contributed by atoms with E-state index in [0.29, 0.717) is 11.8 Å².